The largest absolute Gasteiger partial charge is 0.463 e. The maximum atomic E-state index is 13.5. The molecular weight excluding hydrogens is 307 g/mol. The van der Waals surface area contributed by atoms with Crippen LogP contribution in [0.1, 0.15) is 5.56 Å². The molecule has 3 nitrogen and oxygen atoms in total. The molecule has 0 N–H and O–H groups in total. The first-order valence-corrected chi connectivity index (χ1v) is 8.95. The summed E-state index contributed by atoms with van der Waals surface area (Å²) in [5.74, 6) is 1.16. The van der Waals surface area contributed by atoms with Crippen LogP contribution >= 0.6 is 7.60 Å². The van der Waals surface area contributed by atoms with E-state index in [4.69, 9.17) is 9.05 Å². The van der Waals surface area contributed by atoms with Crippen LogP contribution in [-0.4, -0.2) is 0 Å². The van der Waals surface area contributed by atoms with Crippen molar-refractivity contribution >= 4 is 12.9 Å². The van der Waals surface area contributed by atoms with E-state index in [0.29, 0.717) is 16.8 Å². The smallest absolute Gasteiger partial charge is 0.413 e. The van der Waals surface area contributed by atoms with Crippen molar-refractivity contribution < 1.29 is 13.6 Å². The van der Waals surface area contributed by atoms with E-state index in [-0.39, 0.29) is 0 Å². The Kier molecular flexibility index (Phi) is 3.24. The van der Waals surface area contributed by atoms with Crippen LogP contribution in [0.5, 0.6) is 11.5 Å². The molecule has 4 heteroatoms. The molecule has 4 rings (SSSR count). The first-order chi connectivity index (χ1) is 11.2. The van der Waals surface area contributed by atoms with Gasteiger partial charge in [0.05, 0.1) is 5.30 Å². The molecule has 0 bridgehead atoms. The van der Waals surface area contributed by atoms with Crippen LogP contribution in [0.25, 0.3) is 11.1 Å². The lowest BCUT2D eigenvalue weighted by molar-refractivity contribution is 0.397. The molecular formula is C19H15O3P. The molecule has 114 valence electrons. The summed E-state index contributed by atoms with van der Waals surface area (Å²) in [7, 11) is -3.48. The summed E-state index contributed by atoms with van der Waals surface area (Å²) in [6.07, 6.45) is 0. The van der Waals surface area contributed by atoms with Crippen molar-refractivity contribution in [2.75, 3.05) is 0 Å². The third-order valence-electron chi connectivity index (χ3n) is 3.91. The van der Waals surface area contributed by atoms with Gasteiger partial charge in [0, 0.05) is 11.1 Å². The number of benzene rings is 3. The van der Waals surface area contributed by atoms with E-state index in [1.807, 2.05) is 79.7 Å². The van der Waals surface area contributed by atoms with E-state index in [1.165, 1.54) is 0 Å². The van der Waals surface area contributed by atoms with Crippen LogP contribution in [0.3, 0.4) is 0 Å². The zero-order chi connectivity index (χ0) is 15.9. The van der Waals surface area contributed by atoms with E-state index in [1.54, 1.807) is 0 Å². The quantitative estimate of drug-likeness (QED) is 0.626. The predicted octanol–water partition coefficient (Wildman–Crippen LogP) is 4.95. The molecule has 0 aromatic heterocycles. The SMILES string of the molecule is Cc1ccccc1OP1(=O)Oc2ccccc2-c2ccccc21. The molecule has 3 aromatic carbocycles. The van der Waals surface area contributed by atoms with E-state index >= 15 is 0 Å². The van der Waals surface area contributed by atoms with E-state index < -0.39 is 7.60 Å². The summed E-state index contributed by atoms with van der Waals surface area (Å²) in [4.78, 5) is 0. The van der Waals surface area contributed by atoms with Crippen molar-refractivity contribution in [1.82, 2.24) is 0 Å². The summed E-state index contributed by atoms with van der Waals surface area (Å²) >= 11 is 0. The van der Waals surface area contributed by atoms with Gasteiger partial charge in [-0.3, -0.25) is 0 Å². The Morgan fingerprint density at radius 3 is 2.30 bits per heavy atom. The number of rotatable bonds is 2. The van der Waals surface area contributed by atoms with Crippen molar-refractivity contribution in [1.29, 1.82) is 0 Å². The number of para-hydroxylation sites is 2. The molecule has 1 heterocycles. The van der Waals surface area contributed by atoms with Gasteiger partial charge in [0.25, 0.3) is 0 Å². The first-order valence-electron chi connectivity index (χ1n) is 7.41. The van der Waals surface area contributed by atoms with Gasteiger partial charge >= 0.3 is 7.60 Å². The fourth-order valence-electron chi connectivity index (χ4n) is 2.74. The highest BCUT2D eigenvalue weighted by Gasteiger charge is 2.39. The standard InChI is InChI=1S/C19H15O3P/c1-14-8-2-5-11-17(14)21-23(20)19-13-7-4-10-16(19)15-9-3-6-12-18(15)22-23/h2-13H,1H3. The summed E-state index contributed by atoms with van der Waals surface area (Å²) in [6.45, 7) is 1.92. The number of hydrogen-bond acceptors (Lipinski definition) is 3. The lowest BCUT2D eigenvalue weighted by Crippen LogP contribution is -2.21. The highest BCUT2D eigenvalue weighted by Crippen LogP contribution is 2.55. The summed E-state index contributed by atoms with van der Waals surface area (Å²) in [5.41, 5.74) is 2.75. The molecule has 23 heavy (non-hydrogen) atoms. The second-order valence-electron chi connectivity index (χ2n) is 5.46. The fourth-order valence-corrected chi connectivity index (χ4v) is 4.62. The number of hydrogen-bond donors (Lipinski definition) is 0. The minimum Gasteiger partial charge on any atom is -0.413 e. The maximum absolute atomic E-state index is 13.5. The molecule has 1 aliphatic heterocycles. The molecule has 1 atom stereocenters. The fraction of sp³-hybridized carbons (Fsp3) is 0.0526. The van der Waals surface area contributed by atoms with Crippen LogP contribution in [0.15, 0.2) is 72.8 Å². The molecule has 0 amide bonds. The Morgan fingerprint density at radius 2 is 1.48 bits per heavy atom. The lowest BCUT2D eigenvalue weighted by atomic mass is 10.0. The Balaban J connectivity index is 1.87. The molecule has 1 unspecified atom stereocenters. The minimum atomic E-state index is -3.48. The van der Waals surface area contributed by atoms with Gasteiger partial charge in [-0.1, -0.05) is 54.6 Å². The minimum absolute atomic E-state index is 0.574. The van der Waals surface area contributed by atoms with Crippen LogP contribution in [-0.2, 0) is 4.57 Å². The van der Waals surface area contributed by atoms with Gasteiger partial charge in [-0.25, -0.2) is 4.57 Å². The van der Waals surface area contributed by atoms with Crippen LogP contribution in [0, 0.1) is 6.92 Å². The Hall–Kier alpha value is -2.51. The van der Waals surface area contributed by atoms with Gasteiger partial charge in [0.2, 0.25) is 0 Å². The van der Waals surface area contributed by atoms with E-state index in [9.17, 15) is 4.57 Å². The Bertz CT molecular complexity index is 933. The van der Waals surface area contributed by atoms with Gasteiger partial charge in [0.15, 0.2) is 0 Å². The third-order valence-corrected chi connectivity index (χ3v) is 5.76. The molecule has 0 radical (unpaired) electrons. The number of fused-ring (bicyclic) bond motifs is 3. The Morgan fingerprint density at radius 1 is 0.826 bits per heavy atom. The molecule has 0 aliphatic carbocycles. The molecule has 0 saturated carbocycles. The average Bonchev–Trinajstić information content (AvgIpc) is 2.57. The van der Waals surface area contributed by atoms with E-state index in [0.717, 1.165) is 16.7 Å². The van der Waals surface area contributed by atoms with E-state index in [2.05, 4.69) is 0 Å². The molecule has 0 saturated heterocycles. The van der Waals surface area contributed by atoms with Crippen molar-refractivity contribution in [2.24, 2.45) is 0 Å². The highest BCUT2D eigenvalue weighted by molar-refractivity contribution is 7.63. The normalized spacial score (nSPS) is 18.5. The predicted molar refractivity (Wildman–Crippen MR) is 91.6 cm³/mol. The molecule has 0 fully saturated rings. The van der Waals surface area contributed by atoms with Crippen LogP contribution in [0.4, 0.5) is 0 Å². The van der Waals surface area contributed by atoms with Gasteiger partial charge in [-0.15, -0.1) is 0 Å². The van der Waals surface area contributed by atoms with Gasteiger partial charge in [0.1, 0.15) is 11.5 Å². The maximum Gasteiger partial charge on any atom is 0.463 e. The Labute approximate surface area is 135 Å². The second kappa shape index (κ2) is 5.29. The third kappa shape index (κ3) is 2.34. The molecule has 1 aliphatic rings. The van der Waals surface area contributed by atoms with Gasteiger partial charge in [-0.2, -0.15) is 0 Å². The lowest BCUT2D eigenvalue weighted by Gasteiger charge is -2.28. The zero-order valence-corrected chi connectivity index (χ0v) is 13.5. The topological polar surface area (TPSA) is 35.5 Å². The molecule has 0 spiro atoms. The average molecular weight is 322 g/mol. The molecule has 3 aromatic rings. The second-order valence-corrected chi connectivity index (χ2v) is 7.30. The van der Waals surface area contributed by atoms with Crippen molar-refractivity contribution in [3.05, 3.63) is 78.4 Å². The van der Waals surface area contributed by atoms with Crippen molar-refractivity contribution in [3.8, 4) is 22.6 Å². The van der Waals surface area contributed by atoms with Gasteiger partial charge < -0.3 is 9.05 Å². The van der Waals surface area contributed by atoms with Crippen LogP contribution in [0.2, 0.25) is 0 Å². The van der Waals surface area contributed by atoms with Crippen molar-refractivity contribution in [2.45, 2.75) is 6.92 Å². The number of aryl methyl sites for hydroxylation is 1. The highest BCUT2D eigenvalue weighted by atomic mass is 31.2. The van der Waals surface area contributed by atoms with Crippen molar-refractivity contribution in [3.63, 3.8) is 0 Å². The summed E-state index contributed by atoms with van der Waals surface area (Å²) < 4.78 is 25.2. The first kappa shape index (κ1) is 14.1. The zero-order valence-electron chi connectivity index (χ0n) is 12.6. The summed E-state index contributed by atoms with van der Waals surface area (Å²) in [6, 6.07) is 22.6. The monoisotopic (exact) mass is 322 g/mol. The summed E-state index contributed by atoms with van der Waals surface area (Å²) in [5, 5.41) is 0.599. The van der Waals surface area contributed by atoms with Crippen LogP contribution < -0.4 is 14.4 Å². The van der Waals surface area contributed by atoms with Gasteiger partial charge in [-0.05, 0) is 30.7 Å².